The molecule has 2 atom stereocenters. The van der Waals surface area contributed by atoms with Crippen LogP contribution in [0, 0.1) is 0 Å². The van der Waals surface area contributed by atoms with Gasteiger partial charge in [0.2, 0.25) is 0 Å². The number of nitrogens with one attached hydrogen (secondary N) is 1. The molecule has 0 saturated carbocycles. The Morgan fingerprint density at radius 3 is 2.73 bits per heavy atom. The Morgan fingerprint density at radius 2 is 2.12 bits per heavy atom. The molecule has 1 aliphatic rings. The molecule has 0 radical (unpaired) electrons. The summed E-state index contributed by atoms with van der Waals surface area (Å²) in [7, 11) is 1.65. The summed E-state index contributed by atoms with van der Waals surface area (Å²) in [4.78, 5) is 17.0. The van der Waals surface area contributed by atoms with Crippen molar-refractivity contribution in [3.05, 3.63) is 34.9 Å². The maximum Gasteiger partial charge on any atom is 0.416 e. The Bertz CT molecular complexity index is 671. The number of carbonyl (C=O) groups excluding carboxylic acids is 1. The van der Waals surface area contributed by atoms with E-state index < -0.39 is 17.7 Å². The molecule has 2 unspecified atom stereocenters. The smallest absolute Gasteiger partial charge is 0.395 e. The predicted octanol–water partition coefficient (Wildman–Crippen LogP) is 3.13. The van der Waals surface area contributed by atoms with E-state index in [9.17, 15) is 18.0 Å². The van der Waals surface area contributed by atoms with Crippen molar-refractivity contribution in [1.82, 2.24) is 5.32 Å². The van der Waals surface area contributed by atoms with Crippen LogP contribution < -0.4 is 5.32 Å². The van der Waals surface area contributed by atoms with Crippen molar-refractivity contribution in [2.45, 2.75) is 50.7 Å². The van der Waals surface area contributed by atoms with Crippen LogP contribution in [-0.4, -0.2) is 42.8 Å². The molecular formula is C19H25F3N2O2. The maximum absolute atomic E-state index is 13.4. The van der Waals surface area contributed by atoms with E-state index in [1.165, 1.54) is 6.07 Å². The zero-order valence-electron chi connectivity index (χ0n) is 15.1. The number of hydrogen-bond acceptors (Lipinski definition) is 4. The number of ketones is 1. The molecule has 0 spiro atoms. The third-order valence-corrected chi connectivity index (χ3v) is 4.83. The third-order valence-electron chi connectivity index (χ3n) is 4.83. The second-order valence-electron chi connectivity index (χ2n) is 6.70. The van der Waals surface area contributed by atoms with Crippen LogP contribution in [0.4, 0.5) is 13.2 Å². The maximum atomic E-state index is 13.4. The predicted molar refractivity (Wildman–Crippen MR) is 94.7 cm³/mol. The fourth-order valence-corrected chi connectivity index (χ4v) is 3.35. The lowest BCUT2D eigenvalue weighted by molar-refractivity contribution is -0.138. The molecule has 0 bridgehead atoms. The Morgan fingerprint density at radius 1 is 1.38 bits per heavy atom. The second kappa shape index (κ2) is 8.77. The number of hydrogen-bond donors (Lipinski definition) is 2. The molecule has 2 N–H and O–H groups in total. The van der Waals surface area contributed by atoms with Crippen LogP contribution in [0.25, 0.3) is 0 Å². The van der Waals surface area contributed by atoms with Crippen molar-refractivity contribution >= 4 is 11.5 Å². The first kappa shape index (κ1) is 20.6. The number of halogens is 3. The van der Waals surface area contributed by atoms with E-state index in [-0.39, 0.29) is 37.0 Å². The molecule has 144 valence electrons. The van der Waals surface area contributed by atoms with Gasteiger partial charge in [-0.15, -0.1) is 0 Å². The van der Waals surface area contributed by atoms with Crippen molar-refractivity contribution in [1.29, 1.82) is 0 Å². The van der Waals surface area contributed by atoms with E-state index in [1.54, 1.807) is 20.0 Å². The normalized spacial score (nSPS) is 21.0. The van der Waals surface area contributed by atoms with E-state index in [0.717, 1.165) is 11.8 Å². The number of alkyl halides is 3. The molecule has 1 aliphatic carbocycles. The van der Waals surface area contributed by atoms with Crippen LogP contribution in [0.3, 0.4) is 0 Å². The van der Waals surface area contributed by atoms with Crippen molar-refractivity contribution < 1.29 is 23.1 Å². The molecule has 7 heteroatoms. The first-order chi connectivity index (χ1) is 12.3. The number of aliphatic hydroxyl groups is 1. The van der Waals surface area contributed by atoms with Crippen LogP contribution >= 0.6 is 0 Å². The van der Waals surface area contributed by atoms with E-state index in [2.05, 4.69) is 10.3 Å². The summed E-state index contributed by atoms with van der Waals surface area (Å²) in [6.45, 7) is 1.62. The Kier molecular flexibility index (Phi) is 6.94. The van der Waals surface area contributed by atoms with Gasteiger partial charge in [-0.25, -0.2) is 0 Å². The number of carbonyl (C=O) groups is 1. The molecule has 26 heavy (non-hydrogen) atoms. The quantitative estimate of drug-likeness (QED) is 0.837. The average molecular weight is 370 g/mol. The summed E-state index contributed by atoms with van der Waals surface area (Å²) in [6, 6.07) is 3.83. The minimum Gasteiger partial charge on any atom is -0.395 e. The summed E-state index contributed by atoms with van der Waals surface area (Å²) in [5.74, 6) is -0.849. The van der Waals surface area contributed by atoms with E-state index in [1.807, 2.05) is 0 Å². The standard InChI is InChI=1S/C19H25F3N2O2/c1-12(11-25)24-10-18(26)16-9-13(23-2)5-3-7-15-14(16)6-4-8-17(15)19(20,21)22/h4,6,8,12,16,24-25H,3,5,7,9-11H2,1-2H3. The topological polar surface area (TPSA) is 61.7 Å². The lowest BCUT2D eigenvalue weighted by Crippen LogP contribution is -2.36. The van der Waals surface area contributed by atoms with Gasteiger partial charge in [0.15, 0.2) is 5.78 Å². The van der Waals surface area contributed by atoms with Crippen molar-refractivity contribution in [2.75, 3.05) is 20.2 Å². The van der Waals surface area contributed by atoms with Crippen molar-refractivity contribution in [3.8, 4) is 0 Å². The molecule has 0 amide bonds. The average Bonchev–Trinajstić information content (AvgIpc) is 2.59. The summed E-state index contributed by atoms with van der Waals surface area (Å²) < 4.78 is 40.3. The highest BCUT2D eigenvalue weighted by molar-refractivity contribution is 5.95. The fraction of sp³-hybridized carbons (Fsp3) is 0.579. The number of aliphatic imine (C=N–C) groups is 1. The summed E-state index contributed by atoms with van der Waals surface area (Å²) in [5.41, 5.74) is 0.871. The molecule has 0 aromatic heterocycles. The molecule has 1 aromatic carbocycles. The summed E-state index contributed by atoms with van der Waals surface area (Å²) >= 11 is 0. The van der Waals surface area contributed by atoms with Gasteiger partial charge in [0.1, 0.15) is 0 Å². The largest absolute Gasteiger partial charge is 0.416 e. The van der Waals surface area contributed by atoms with E-state index in [4.69, 9.17) is 5.11 Å². The number of nitrogens with zero attached hydrogens (tertiary/aromatic N) is 1. The first-order valence-corrected chi connectivity index (χ1v) is 8.78. The number of rotatable bonds is 5. The number of Topliss-reactive ketones (excluding diaryl/α,β-unsaturated/α-hetero) is 1. The first-order valence-electron chi connectivity index (χ1n) is 8.78. The minimum atomic E-state index is -4.44. The van der Waals surface area contributed by atoms with Crippen LogP contribution in [-0.2, 0) is 17.4 Å². The van der Waals surface area contributed by atoms with Crippen LogP contribution in [0.15, 0.2) is 23.2 Å². The molecule has 1 aromatic rings. The molecule has 0 fully saturated rings. The zero-order chi connectivity index (χ0) is 19.3. The van der Waals surface area contributed by atoms with E-state index in [0.29, 0.717) is 24.8 Å². The van der Waals surface area contributed by atoms with Gasteiger partial charge < -0.3 is 10.4 Å². The monoisotopic (exact) mass is 370 g/mol. The Labute approximate surface area is 151 Å². The van der Waals surface area contributed by atoms with E-state index >= 15 is 0 Å². The zero-order valence-corrected chi connectivity index (χ0v) is 15.1. The second-order valence-corrected chi connectivity index (χ2v) is 6.70. The van der Waals surface area contributed by atoms with Gasteiger partial charge in [-0.05, 0) is 49.8 Å². The molecular weight excluding hydrogens is 345 g/mol. The number of fused-ring (bicyclic) bond motifs is 1. The Balaban J connectivity index is 2.43. The highest BCUT2D eigenvalue weighted by atomic mass is 19.4. The van der Waals surface area contributed by atoms with Gasteiger partial charge in [0.05, 0.1) is 18.7 Å². The third kappa shape index (κ3) is 4.92. The van der Waals surface area contributed by atoms with Gasteiger partial charge >= 0.3 is 6.18 Å². The minimum absolute atomic E-state index is 0.000920. The van der Waals surface area contributed by atoms with Gasteiger partial charge in [-0.2, -0.15) is 13.2 Å². The number of aliphatic hydroxyl groups excluding tert-OH is 1. The molecule has 0 saturated heterocycles. The molecule has 2 rings (SSSR count). The van der Waals surface area contributed by atoms with Gasteiger partial charge in [0.25, 0.3) is 0 Å². The van der Waals surface area contributed by atoms with Crippen molar-refractivity contribution in [3.63, 3.8) is 0 Å². The fourth-order valence-electron chi connectivity index (χ4n) is 3.35. The van der Waals surface area contributed by atoms with Gasteiger partial charge in [0, 0.05) is 24.7 Å². The highest BCUT2D eigenvalue weighted by Crippen LogP contribution is 2.38. The molecule has 0 heterocycles. The van der Waals surface area contributed by atoms with Crippen LogP contribution in [0.1, 0.15) is 48.8 Å². The summed E-state index contributed by atoms with van der Waals surface area (Å²) in [5, 5.41) is 12.0. The molecule has 4 nitrogen and oxygen atoms in total. The highest BCUT2D eigenvalue weighted by Gasteiger charge is 2.36. The van der Waals surface area contributed by atoms with Crippen LogP contribution in [0.2, 0.25) is 0 Å². The SMILES string of the molecule is CN=C1CCCc2c(cccc2C(F)(F)F)C(C(=O)CNC(C)CO)C1. The lowest BCUT2D eigenvalue weighted by atomic mass is 9.80. The molecule has 0 aliphatic heterocycles. The van der Waals surface area contributed by atoms with Gasteiger partial charge in [-0.1, -0.05) is 12.1 Å². The van der Waals surface area contributed by atoms with Gasteiger partial charge in [-0.3, -0.25) is 9.79 Å². The summed E-state index contributed by atoms with van der Waals surface area (Å²) in [6.07, 6.45) is -2.67. The van der Waals surface area contributed by atoms with Crippen LogP contribution in [0.5, 0.6) is 0 Å². The Hall–Kier alpha value is -1.73. The van der Waals surface area contributed by atoms with Crippen molar-refractivity contribution in [2.24, 2.45) is 4.99 Å². The number of benzene rings is 1. The lowest BCUT2D eigenvalue weighted by Gasteiger charge is -2.26.